The van der Waals surface area contributed by atoms with E-state index in [4.69, 9.17) is 38.0 Å². The smallest absolute Gasteiger partial charge is 0.251 e. The zero-order valence-corrected chi connectivity index (χ0v) is 57.0. The van der Waals surface area contributed by atoms with Crippen molar-refractivity contribution >= 4 is 51.7 Å². The Morgan fingerprint density at radius 1 is 0.525 bits per heavy atom. The van der Waals surface area contributed by atoms with E-state index < -0.39 is 0 Å². The molecule has 7 N–H and O–H groups in total. The van der Waals surface area contributed by atoms with E-state index in [0.717, 1.165) is 156 Å². The van der Waals surface area contributed by atoms with Crippen LogP contribution in [0.1, 0.15) is 102 Å². The molecule has 504 valence electrons. The van der Waals surface area contributed by atoms with Crippen LogP contribution in [-0.4, -0.2) is 156 Å². The van der Waals surface area contributed by atoms with Crippen LogP contribution in [0.3, 0.4) is 0 Å². The highest BCUT2D eigenvalue weighted by molar-refractivity contribution is 7.14. The number of hydrogen-bond acceptors (Lipinski definition) is 23. The van der Waals surface area contributed by atoms with Gasteiger partial charge in [0.2, 0.25) is 17.8 Å². The predicted molar refractivity (Wildman–Crippen MR) is 383 cm³/mol. The average molecular weight is 1400 g/mol. The molecule has 12 aromatic heterocycles. The minimum Gasteiger partial charge on any atom is -0.327 e. The zero-order valence-electron chi connectivity index (χ0n) is 53.8. The Bertz CT molecular complexity index is 4880. The van der Waals surface area contributed by atoms with E-state index in [-0.39, 0.29) is 41.0 Å². The Labute approximate surface area is 585 Å². The summed E-state index contributed by atoms with van der Waals surface area (Å²) in [5.41, 5.74) is 17.2. The number of aromatic nitrogens is 18. The lowest BCUT2D eigenvalue weighted by molar-refractivity contribution is 0.194. The summed E-state index contributed by atoms with van der Waals surface area (Å²) in [5, 5.41) is 6.48. The molecule has 0 aromatic carbocycles. The lowest BCUT2D eigenvalue weighted by Gasteiger charge is -2.31. The second-order valence-electron chi connectivity index (χ2n) is 23.9. The molecule has 0 spiro atoms. The SMILES string of the molecule is NC/C=C\c1cnc(-n2cnc(CN3CCCC(c4nc(-c5cccs5)cc(=O)[nH]4)C3)c2)nc1.NCC#Cc1ccnc(-n2cnc(CN3CCCC(c4nc(-c5cccs5)cc(=O)[nH]4)C3)c2)n1.O=c1cc(-c2cccs2)nc(C2CCCN(Cc3cn(-c4ncc(Cl)cn4)cn3)C2)[nH]1. The van der Waals surface area contributed by atoms with E-state index in [2.05, 4.69) is 86.3 Å². The van der Waals surface area contributed by atoms with Crippen LogP contribution in [0.25, 0.3) is 55.6 Å². The van der Waals surface area contributed by atoms with E-state index >= 15 is 0 Å². The number of nitrogens with two attached hydrogens (primary N) is 2. The number of likely N-dealkylation sites (tertiary alicyclic amines) is 3. The minimum atomic E-state index is -0.109. The number of rotatable bonds is 17. The summed E-state index contributed by atoms with van der Waals surface area (Å²) in [6.45, 7) is 8.29. The van der Waals surface area contributed by atoms with Crippen molar-refractivity contribution in [2.75, 3.05) is 52.4 Å². The fourth-order valence-corrected chi connectivity index (χ4v) is 14.3. The third kappa shape index (κ3) is 18.0. The number of imidazole rings is 3. The fourth-order valence-electron chi connectivity index (χ4n) is 12.2. The number of thiophene rings is 3. The summed E-state index contributed by atoms with van der Waals surface area (Å²) >= 11 is 10.6. The van der Waals surface area contributed by atoms with E-state index in [1.807, 2.05) is 87.8 Å². The van der Waals surface area contributed by atoms with Gasteiger partial charge in [-0.25, -0.2) is 59.8 Å². The molecule has 3 saturated heterocycles. The van der Waals surface area contributed by atoms with Crippen LogP contribution in [0.4, 0.5) is 0 Å². The predicted octanol–water partition coefficient (Wildman–Crippen LogP) is 8.50. The first kappa shape index (κ1) is 67.6. The summed E-state index contributed by atoms with van der Waals surface area (Å²) in [7, 11) is 0. The van der Waals surface area contributed by atoms with Crippen molar-refractivity contribution in [2.45, 2.75) is 75.9 Å². The van der Waals surface area contributed by atoms with E-state index in [1.165, 1.54) is 0 Å². The molecular formula is C69H70ClN23O3S3. The molecule has 0 radical (unpaired) electrons. The van der Waals surface area contributed by atoms with Gasteiger partial charge in [-0.15, -0.1) is 34.0 Å². The number of piperidine rings is 3. The molecular weight excluding hydrogens is 1330 g/mol. The Kier molecular flexibility index (Phi) is 22.2. The number of H-pyrrole nitrogens is 3. The number of nitrogens with one attached hydrogen (secondary N) is 3. The van der Waals surface area contributed by atoms with Gasteiger partial charge in [0, 0.05) is 125 Å². The van der Waals surface area contributed by atoms with Crippen molar-refractivity contribution in [1.82, 2.24) is 103 Å². The maximum Gasteiger partial charge on any atom is 0.251 e. The van der Waals surface area contributed by atoms with Gasteiger partial charge in [0.25, 0.3) is 16.7 Å². The van der Waals surface area contributed by atoms with Crippen molar-refractivity contribution in [3.05, 3.63) is 233 Å². The van der Waals surface area contributed by atoms with Gasteiger partial charge in [-0.2, -0.15) is 0 Å². The van der Waals surface area contributed by atoms with Crippen molar-refractivity contribution < 1.29 is 0 Å². The van der Waals surface area contributed by atoms with Gasteiger partial charge in [-0.05, 0) is 104 Å². The minimum absolute atomic E-state index is 0.103. The summed E-state index contributed by atoms with van der Waals surface area (Å²) in [6, 6.07) is 18.4. The number of nitrogens with zero attached hydrogens (tertiary/aromatic N) is 18. The van der Waals surface area contributed by atoms with E-state index in [0.29, 0.717) is 48.2 Å². The number of halogens is 1. The molecule has 26 nitrogen and oxygen atoms in total. The van der Waals surface area contributed by atoms with Gasteiger partial charge < -0.3 is 26.4 Å². The molecule has 99 heavy (non-hydrogen) atoms. The molecule has 0 amide bonds. The van der Waals surface area contributed by atoms with Crippen LogP contribution in [0.5, 0.6) is 0 Å². The second-order valence-corrected chi connectivity index (χ2v) is 27.2. The highest BCUT2D eigenvalue weighted by atomic mass is 35.5. The Balaban J connectivity index is 0.000000134. The molecule has 12 aromatic rings. The highest BCUT2D eigenvalue weighted by Gasteiger charge is 2.28. The molecule has 3 fully saturated rings. The highest BCUT2D eigenvalue weighted by Crippen LogP contribution is 2.32. The van der Waals surface area contributed by atoms with Crippen molar-refractivity contribution in [3.63, 3.8) is 0 Å². The summed E-state index contributed by atoms with van der Waals surface area (Å²) in [6.07, 6.45) is 29.2. The molecule has 3 aliphatic rings. The lowest BCUT2D eigenvalue weighted by Crippen LogP contribution is -2.35. The van der Waals surface area contributed by atoms with Crippen molar-refractivity contribution in [2.24, 2.45) is 11.5 Å². The first-order chi connectivity index (χ1) is 48.5. The maximum absolute atomic E-state index is 12.3. The standard InChI is InChI=1S/C24H24N8OS.C24H26N8OS.C21H20ClN7OS/c25-8-1-5-18-7-9-26-24(28-18)32-15-19(27-16-32)14-31-10-2-4-17(13-31)23-29-20(12-22(33)30-23)21-6-3-11-34-21;25-7-1-4-17-11-26-24(27-12-17)32-15-19(28-16-32)14-31-8-2-5-18(13-31)23-29-20(10-22(33)30-23)21-6-3-9-34-21;22-15-8-23-21(24-9-15)29-12-16(25-13-29)11-28-5-1-3-14(10-28)20-26-17(7-19(30)27-20)18-4-2-6-31-18/h3,6-7,9,11-12,15-17H,2,4,8,10,13-14,25H2,(H,29,30,33);1,3-4,6,9-12,15-16,18H,2,5,7-8,13-14,25H2,(H,29,30,33);2,4,6-9,12-14H,1,3,5,10-11H2,(H,26,27,30)/b;4-1-;. The van der Waals surface area contributed by atoms with Crippen LogP contribution < -0.4 is 28.1 Å². The summed E-state index contributed by atoms with van der Waals surface area (Å²) in [5.74, 6) is 10.2. The van der Waals surface area contributed by atoms with Crippen LogP contribution in [0.2, 0.25) is 5.02 Å². The average Bonchev–Trinajstić information content (AvgIpc) is 1.84. The Hall–Kier alpha value is -10.0. The quantitative estimate of drug-likeness (QED) is 0.0533. The van der Waals surface area contributed by atoms with Crippen molar-refractivity contribution in [1.29, 1.82) is 0 Å². The second kappa shape index (κ2) is 32.6. The molecule has 15 heterocycles. The van der Waals surface area contributed by atoms with Crippen LogP contribution in [0, 0.1) is 11.8 Å². The molecule has 0 saturated carbocycles. The van der Waals surface area contributed by atoms with Crippen LogP contribution in [-0.2, 0) is 19.6 Å². The molecule has 30 heteroatoms. The summed E-state index contributed by atoms with van der Waals surface area (Å²) in [4.78, 5) is 110. The molecule has 3 atom stereocenters. The lowest BCUT2D eigenvalue weighted by atomic mass is 9.97. The largest absolute Gasteiger partial charge is 0.327 e. The maximum atomic E-state index is 12.3. The van der Waals surface area contributed by atoms with Gasteiger partial charge >= 0.3 is 0 Å². The molecule has 3 unspecified atom stereocenters. The van der Waals surface area contributed by atoms with Gasteiger partial charge in [-0.1, -0.05) is 47.9 Å². The van der Waals surface area contributed by atoms with E-state index in [9.17, 15) is 14.4 Å². The number of hydrogen-bond donors (Lipinski definition) is 5. The van der Waals surface area contributed by atoms with Crippen molar-refractivity contribution in [3.8, 4) is 61.4 Å². The molecule has 0 bridgehead atoms. The van der Waals surface area contributed by atoms with Gasteiger partial charge in [0.1, 0.15) is 42.1 Å². The Morgan fingerprint density at radius 2 is 0.939 bits per heavy atom. The van der Waals surface area contributed by atoms with Gasteiger partial charge in [-0.3, -0.25) is 42.8 Å². The zero-order chi connectivity index (χ0) is 67.9. The van der Waals surface area contributed by atoms with E-state index in [1.54, 1.807) is 117 Å². The number of aromatic amines is 3. The topological polar surface area (TPSA) is 330 Å². The van der Waals surface area contributed by atoms with Gasteiger partial charge in [0.15, 0.2) is 0 Å². The third-order valence-electron chi connectivity index (χ3n) is 16.7. The molecule has 3 aliphatic heterocycles. The van der Waals surface area contributed by atoms with Gasteiger partial charge in [0.05, 0.1) is 72.8 Å². The monoisotopic (exact) mass is 1400 g/mol. The fraction of sp³-hybridized carbons (Fsp3) is 0.290. The Morgan fingerprint density at radius 3 is 1.33 bits per heavy atom. The first-order valence-electron chi connectivity index (χ1n) is 32.4. The van der Waals surface area contributed by atoms with Crippen LogP contribution in [0.15, 0.2) is 166 Å². The molecule has 0 aliphatic carbocycles. The normalized spacial score (nSPS) is 16.7. The molecule has 15 rings (SSSR count). The summed E-state index contributed by atoms with van der Waals surface area (Å²) < 4.78 is 5.42. The first-order valence-corrected chi connectivity index (χ1v) is 35.4. The van der Waals surface area contributed by atoms with Crippen LogP contribution >= 0.6 is 45.6 Å². The third-order valence-corrected chi connectivity index (χ3v) is 19.6.